The molecule has 3 heteroatoms. The van der Waals surface area contributed by atoms with E-state index in [1.54, 1.807) is 0 Å². The van der Waals surface area contributed by atoms with Gasteiger partial charge in [-0.1, -0.05) is 20.8 Å². The van der Waals surface area contributed by atoms with Crippen LogP contribution in [0, 0.1) is 5.41 Å². The highest BCUT2D eigenvalue weighted by molar-refractivity contribution is 7.99. The summed E-state index contributed by atoms with van der Waals surface area (Å²) in [6.07, 6.45) is 0. The Balaban J connectivity index is 2.78. The standard InChI is InChI=1S/C12H26N2S/c1-9-8-15-7-6-14(9)11(10(2)13)12(3,4)5/h9-11H,6-8,13H2,1-5H3. The van der Waals surface area contributed by atoms with Crippen molar-refractivity contribution in [2.24, 2.45) is 11.1 Å². The molecule has 2 nitrogen and oxygen atoms in total. The largest absolute Gasteiger partial charge is 0.327 e. The second kappa shape index (κ2) is 5.07. The first-order valence-corrected chi connectivity index (χ1v) is 7.08. The van der Waals surface area contributed by atoms with Gasteiger partial charge in [-0.3, -0.25) is 4.90 Å². The van der Waals surface area contributed by atoms with Crippen LogP contribution >= 0.6 is 11.8 Å². The van der Waals surface area contributed by atoms with Gasteiger partial charge >= 0.3 is 0 Å². The molecule has 0 amide bonds. The first-order chi connectivity index (χ1) is 6.84. The Bertz CT molecular complexity index is 198. The number of thioether (sulfide) groups is 1. The van der Waals surface area contributed by atoms with Crippen molar-refractivity contribution in [3.63, 3.8) is 0 Å². The number of rotatable bonds is 2. The molecule has 1 aliphatic heterocycles. The SMILES string of the molecule is CC(N)C(N1CCSCC1C)C(C)(C)C. The minimum atomic E-state index is 0.246. The smallest absolute Gasteiger partial charge is 0.0296 e. The highest BCUT2D eigenvalue weighted by Crippen LogP contribution is 2.30. The van der Waals surface area contributed by atoms with E-state index in [0.717, 1.165) is 0 Å². The first-order valence-electron chi connectivity index (χ1n) is 5.93. The molecule has 0 aliphatic carbocycles. The Morgan fingerprint density at radius 2 is 2.00 bits per heavy atom. The second-order valence-corrected chi connectivity index (χ2v) is 6.98. The van der Waals surface area contributed by atoms with Crippen LogP contribution in [0.3, 0.4) is 0 Å². The normalized spacial score (nSPS) is 28.8. The molecule has 0 saturated carbocycles. The molecule has 2 N–H and O–H groups in total. The Morgan fingerprint density at radius 3 is 2.40 bits per heavy atom. The van der Waals surface area contributed by atoms with Crippen LogP contribution in [-0.4, -0.2) is 41.1 Å². The zero-order valence-corrected chi connectivity index (χ0v) is 11.6. The van der Waals surface area contributed by atoms with E-state index in [1.165, 1.54) is 18.1 Å². The minimum absolute atomic E-state index is 0.246. The lowest BCUT2D eigenvalue weighted by molar-refractivity contribution is 0.0603. The average molecular weight is 230 g/mol. The van der Waals surface area contributed by atoms with E-state index in [1.807, 2.05) is 0 Å². The van der Waals surface area contributed by atoms with Crippen LogP contribution in [0.25, 0.3) is 0 Å². The zero-order chi connectivity index (χ0) is 11.6. The van der Waals surface area contributed by atoms with Gasteiger partial charge in [0, 0.05) is 36.2 Å². The molecule has 0 aromatic heterocycles. The zero-order valence-electron chi connectivity index (χ0n) is 10.8. The van der Waals surface area contributed by atoms with E-state index in [0.29, 0.717) is 12.1 Å². The van der Waals surface area contributed by atoms with Crippen molar-refractivity contribution in [3.8, 4) is 0 Å². The van der Waals surface area contributed by atoms with Gasteiger partial charge in [0.1, 0.15) is 0 Å². The molecule has 0 aromatic carbocycles. The maximum atomic E-state index is 6.17. The van der Waals surface area contributed by atoms with Crippen LogP contribution < -0.4 is 5.73 Å². The lowest BCUT2D eigenvalue weighted by Gasteiger charge is -2.47. The van der Waals surface area contributed by atoms with E-state index >= 15 is 0 Å². The fraction of sp³-hybridized carbons (Fsp3) is 1.00. The van der Waals surface area contributed by atoms with E-state index in [9.17, 15) is 0 Å². The third-order valence-corrected chi connectivity index (χ3v) is 4.35. The lowest BCUT2D eigenvalue weighted by Crippen LogP contribution is -2.58. The van der Waals surface area contributed by atoms with Gasteiger partial charge in [-0.2, -0.15) is 11.8 Å². The minimum Gasteiger partial charge on any atom is -0.327 e. The molecule has 3 unspecified atom stereocenters. The molecular weight excluding hydrogens is 204 g/mol. The molecule has 15 heavy (non-hydrogen) atoms. The summed E-state index contributed by atoms with van der Waals surface area (Å²) in [6, 6.07) is 1.41. The van der Waals surface area contributed by atoms with E-state index < -0.39 is 0 Å². The molecule has 90 valence electrons. The summed E-state index contributed by atoms with van der Waals surface area (Å²) in [4.78, 5) is 2.61. The predicted molar refractivity (Wildman–Crippen MR) is 70.4 cm³/mol. The highest BCUT2D eigenvalue weighted by Gasteiger charge is 2.36. The van der Waals surface area contributed by atoms with Crippen molar-refractivity contribution in [3.05, 3.63) is 0 Å². The van der Waals surface area contributed by atoms with Crippen molar-refractivity contribution in [1.82, 2.24) is 4.90 Å². The number of nitrogens with two attached hydrogens (primary N) is 1. The van der Waals surface area contributed by atoms with Crippen molar-refractivity contribution in [1.29, 1.82) is 0 Å². The van der Waals surface area contributed by atoms with Crippen molar-refractivity contribution in [2.45, 2.75) is 52.7 Å². The van der Waals surface area contributed by atoms with Gasteiger partial charge < -0.3 is 5.73 Å². The third kappa shape index (κ3) is 3.36. The molecular formula is C12H26N2S. The summed E-state index contributed by atoms with van der Waals surface area (Å²) in [5.41, 5.74) is 6.44. The Morgan fingerprint density at radius 1 is 1.40 bits per heavy atom. The maximum Gasteiger partial charge on any atom is 0.0296 e. The summed E-state index contributed by atoms with van der Waals surface area (Å²) >= 11 is 2.06. The summed E-state index contributed by atoms with van der Waals surface area (Å²) in [5, 5.41) is 0. The van der Waals surface area contributed by atoms with Gasteiger partial charge in [-0.05, 0) is 19.3 Å². The average Bonchev–Trinajstić information content (AvgIpc) is 2.05. The fourth-order valence-electron chi connectivity index (χ4n) is 2.74. The first kappa shape index (κ1) is 13.3. The topological polar surface area (TPSA) is 29.3 Å². The fourth-order valence-corrected chi connectivity index (χ4v) is 3.78. The van der Waals surface area contributed by atoms with Crippen LogP contribution in [-0.2, 0) is 0 Å². The number of hydrogen-bond donors (Lipinski definition) is 1. The van der Waals surface area contributed by atoms with Gasteiger partial charge in [-0.25, -0.2) is 0 Å². The molecule has 0 bridgehead atoms. The Labute approximate surface area is 99.0 Å². The highest BCUT2D eigenvalue weighted by atomic mass is 32.2. The van der Waals surface area contributed by atoms with E-state index in [-0.39, 0.29) is 11.5 Å². The maximum absolute atomic E-state index is 6.17. The molecule has 1 aliphatic rings. The van der Waals surface area contributed by atoms with Crippen LogP contribution in [0.5, 0.6) is 0 Å². The Kier molecular flexibility index (Phi) is 4.50. The predicted octanol–water partition coefficient (Wildman–Crippen LogP) is 2.19. The van der Waals surface area contributed by atoms with Gasteiger partial charge in [0.05, 0.1) is 0 Å². The molecule has 0 spiro atoms. The summed E-state index contributed by atoms with van der Waals surface area (Å²) < 4.78 is 0. The van der Waals surface area contributed by atoms with Gasteiger partial charge in [-0.15, -0.1) is 0 Å². The molecule has 1 rings (SSSR count). The van der Waals surface area contributed by atoms with Crippen LogP contribution in [0.1, 0.15) is 34.6 Å². The van der Waals surface area contributed by atoms with Crippen molar-refractivity contribution >= 4 is 11.8 Å². The quantitative estimate of drug-likeness (QED) is 0.788. The van der Waals surface area contributed by atoms with E-state index in [2.05, 4.69) is 51.3 Å². The summed E-state index contributed by atoms with van der Waals surface area (Å²) in [7, 11) is 0. The third-order valence-electron chi connectivity index (χ3n) is 3.16. The van der Waals surface area contributed by atoms with Gasteiger partial charge in [0.2, 0.25) is 0 Å². The monoisotopic (exact) mass is 230 g/mol. The van der Waals surface area contributed by atoms with Gasteiger partial charge in [0.25, 0.3) is 0 Å². The van der Waals surface area contributed by atoms with Gasteiger partial charge in [0.15, 0.2) is 0 Å². The van der Waals surface area contributed by atoms with E-state index in [4.69, 9.17) is 5.73 Å². The molecule has 1 saturated heterocycles. The van der Waals surface area contributed by atoms with Crippen molar-refractivity contribution < 1.29 is 0 Å². The van der Waals surface area contributed by atoms with Crippen molar-refractivity contribution in [2.75, 3.05) is 18.1 Å². The second-order valence-electron chi connectivity index (χ2n) is 5.83. The Hall–Kier alpha value is 0.270. The number of nitrogens with zero attached hydrogens (tertiary/aromatic N) is 1. The molecule has 1 heterocycles. The molecule has 1 fully saturated rings. The lowest BCUT2D eigenvalue weighted by atomic mass is 9.81. The van der Waals surface area contributed by atoms with Crippen LogP contribution in [0.4, 0.5) is 0 Å². The molecule has 3 atom stereocenters. The molecule has 0 aromatic rings. The number of hydrogen-bond acceptors (Lipinski definition) is 3. The molecule has 0 radical (unpaired) electrons. The summed E-state index contributed by atoms with van der Waals surface area (Å²) in [6.45, 7) is 12.6. The van der Waals surface area contributed by atoms with Crippen LogP contribution in [0.2, 0.25) is 0 Å². The van der Waals surface area contributed by atoms with Crippen LogP contribution in [0.15, 0.2) is 0 Å². The summed E-state index contributed by atoms with van der Waals surface area (Å²) in [5.74, 6) is 2.50.